The first-order valence-electron chi connectivity index (χ1n) is 12.7. The molecule has 1 aromatic rings. The molecule has 8 nitrogen and oxygen atoms in total. The number of ether oxygens (including phenoxy) is 2. The third-order valence-electron chi connectivity index (χ3n) is 6.56. The van der Waals surface area contributed by atoms with Crippen molar-refractivity contribution in [2.75, 3.05) is 45.9 Å². The van der Waals surface area contributed by atoms with E-state index in [4.69, 9.17) is 9.47 Å². The number of nitrogens with zero attached hydrogens (tertiary/aromatic N) is 2. The summed E-state index contributed by atoms with van der Waals surface area (Å²) < 4.78 is 40.9. The predicted molar refractivity (Wildman–Crippen MR) is 133 cm³/mol. The van der Waals surface area contributed by atoms with Crippen LogP contribution in [0.15, 0.2) is 18.2 Å². The topological polar surface area (TPSA) is 88.2 Å². The van der Waals surface area contributed by atoms with Gasteiger partial charge in [0, 0.05) is 32.7 Å². The largest absolute Gasteiger partial charge is 0.490 e. The van der Waals surface area contributed by atoms with Crippen molar-refractivity contribution in [2.45, 2.75) is 53.4 Å². The molecule has 2 aliphatic rings. The van der Waals surface area contributed by atoms with Gasteiger partial charge in [-0.1, -0.05) is 19.9 Å². The summed E-state index contributed by atoms with van der Waals surface area (Å²) >= 11 is 0. The van der Waals surface area contributed by atoms with Gasteiger partial charge in [0.15, 0.2) is 11.5 Å². The molecule has 3 rings (SSSR count). The summed E-state index contributed by atoms with van der Waals surface area (Å²) in [6, 6.07) is 5.84. The van der Waals surface area contributed by atoms with Crippen LogP contribution < -0.4 is 14.8 Å². The van der Waals surface area contributed by atoms with Gasteiger partial charge in [0.05, 0.1) is 19.1 Å². The minimum atomic E-state index is -3.54. The van der Waals surface area contributed by atoms with Crippen LogP contribution in [0.2, 0.25) is 0 Å². The molecule has 1 aromatic carbocycles. The van der Waals surface area contributed by atoms with E-state index in [1.807, 2.05) is 32.0 Å². The SMILES string of the molecule is CCOc1ccc(CCNC(=O)[C@@H]2CCCN(S(=O)(=O)N3C[C@H](C)C[C@@H](C)C3)C2)cc1OCC. The summed E-state index contributed by atoms with van der Waals surface area (Å²) in [5.41, 5.74) is 1.05. The van der Waals surface area contributed by atoms with E-state index in [0.717, 1.165) is 17.7 Å². The molecule has 0 spiro atoms. The number of benzene rings is 1. The van der Waals surface area contributed by atoms with Gasteiger partial charge >= 0.3 is 0 Å². The lowest BCUT2D eigenvalue weighted by Gasteiger charge is -2.39. The number of piperidine rings is 2. The zero-order chi connectivity index (χ0) is 24.7. The molecule has 2 heterocycles. The van der Waals surface area contributed by atoms with Crippen LogP contribution >= 0.6 is 0 Å². The van der Waals surface area contributed by atoms with Crippen molar-refractivity contribution in [3.63, 3.8) is 0 Å². The third kappa shape index (κ3) is 6.86. The standard InChI is InChI=1S/C25H41N3O5S/c1-5-32-23-10-9-21(15-24(23)33-6-2)11-12-26-25(29)22-8-7-13-27(18-22)34(30,31)28-16-19(3)14-20(4)17-28/h9-10,15,19-20,22H,5-8,11-14,16-18H2,1-4H3,(H,26,29)/t19-,20-,22-/m1/s1. The maximum Gasteiger partial charge on any atom is 0.282 e. The van der Waals surface area contributed by atoms with Crippen LogP contribution in [0, 0.1) is 17.8 Å². The second kappa shape index (κ2) is 12.2. The molecule has 0 bridgehead atoms. The van der Waals surface area contributed by atoms with Crippen LogP contribution in [0.5, 0.6) is 11.5 Å². The third-order valence-corrected chi connectivity index (χ3v) is 8.50. The molecule has 192 valence electrons. The summed E-state index contributed by atoms with van der Waals surface area (Å²) in [6.07, 6.45) is 3.13. The van der Waals surface area contributed by atoms with Gasteiger partial charge in [-0.15, -0.1) is 0 Å². The van der Waals surface area contributed by atoms with Crippen molar-refractivity contribution in [2.24, 2.45) is 17.8 Å². The fourth-order valence-corrected chi connectivity index (χ4v) is 6.99. The second-order valence-electron chi connectivity index (χ2n) is 9.66. The average molecular weight is 496 g/mol. The first-order valence-corrected chi connectivity index (χ1v) is 14.1. The molecule has 1 N–H and O–H groups in total. The molecule has 0 radical (unpaired) electrons. The van der Waals surface area contributed by atoms with Crippen LogP contribution in [0.1, 0.15) is 52.5 Å². The molecule has 0 saturated carbocycles. The summed E-state index contributed by atoms with van der Waals surface area (Å²) in [6.45, 7) is 11.5. The van der Waals surface area contributed by atoms with Gasteiger partial charge in [0.25, 0.3) is 10.2 Å². The number of hydrogen-bond acceptors (Lipinski definition) is 5. The zero-order valence-corrected chi connectivity index (χ0v) is 21.9. The van der Waals surface area contributed by atoms with Gasteiger partial charge in [-0.05, 0) is 69.1 Å². The molecule has 2 saturated heterocycles. The molecule has 0 unspecified atom stereocenters. The molecule has 34 heavy (non-hydrogen) atoms. The average Bonchev–Trinajstić information content (AvgIpc) is 2.80. The lowest BCUT2D eigenvalue weighted by atomic mass is 9.94. The number of nitrogens with one attached hydrogen (secondary N) is 1. The van der Waals surface area contributed by atoms with Crippen LogP contribution in [-0.4, -0.2) is 68.9 Å². The fourth-order valence-electron chi connectivity index (χ4n) is 5.05. The van der Waals surface area contributed by atoms with Crippen LogP contribution in [0.4, 0.5) is 0 Å². The number of carbonyl (C=O) groups is 1. The van der Waals surface area contributed by atoms with E-state index < -0.39 is 10.2 Å². The van der Waals surface area contributed by atoms with E-state index in [2.05, 4.69) is 19.2 Å². The normalized spacial score (nSPS) is 24.5. The highest BCUT2D eigenvalue weighted by molar-refractivity contribution is 7.86. The Bertz CT molecular complexity index is 913. The minimum Gasteiger partial charge on any atom is -0.490 e. The van der Waals surface area contributed by atoms with Crippen molar-refractivity contribution >= 4 is 16.1 Å². The summed E-state index contributed by atoms with van der Waals surface area (Å²) in [4.78, 5) is 12.9. The first-order chi connectivity index (χ1) is 16.2. The predicted octanol–water partition coefficient (Wildman–Crippen LogP) is 3.08. The van der Waals surface area contributed by atoms with E-state index in [9.17, 15) is 13.2 Å². The molecule has 0 aliphatic carbocycles. The number of rotatable bonds is 10. The highest BCUT2D eigenvalue weighted by Crippen LogP contribution is 2.29. The smallest absolute Gasteiger partial charge is 0.282 e. The number of amides is 1. The van der Waals surface area contributed by atoms with Crippen molar-refractivity contribution in [1.29, 1.82) is 0 Å². The maximum atomic E-state index is 13.3. The van der Waals surface area contributed by atoms with Crippen molar-refractivity contribution < 1.29 is 22.7 Å². The number of carbonyl (C=O) groups excluding carboxylic acids is 1. The molecule has 2 fully saturated rings. The van der Waals surface area contributed by atoms with Gasteiger partial charge < -0.3 is 14.8 Å². The maximum absolute atomic E-state index is 13.3. The van der Waals surface area contributed by atoms with Gasteiger partial charge in [-0.2, -0.15) is 17.0 Å². The van der Waals surface area contributed by atoms with Crippen LogP contribution in [-0.2, 0) is 21.4 Å². The van der Waals surface area contributed by atoms with Crippen LogP contribution in [0.25, 0.3) is 0 Å². The Morgan fingerprint density at radius 2 is 1.71 bits per heavy atom. The van der Waals surface area contributed by atoms with Gasteiger partial charge in [-0.25, -0.2) is 0 Å². The highest BCUT2D eigenvalue weighted by atomic mass is 32.2. The molecule has 1 amide bonds. The zero-order valence-electron chi connectivity index (χ0n) is 21.1. The quantitative estimate of drug-likeness (QED) is 0.539. The van der Waals surface area contributed by atoms with Gasteiger partial charge in [0.2, 0.25) is 5.91 Å². The number of hydrogen-bond donors (Lipinski definition) is 1. The Kier molecular flexibility index (Phi) is 9.62. The van der Waals surface area contributed by atoms with E-state index >= 15 is 0 Å². The van der Waals surface area contributed by atoms with E-state index in [0.29, 0.717) is 76.2 Å². The monoisotopic (exact) mass is 495 g/mol. The van der Waals surface area contributed by atoms with Crippen molar-refractivity contribution in [3.05, 3.63) is 23.8 Å². The molecule has 3 atom stereocenters. The molecular formula is C25H41N3O5S. The molecule has 2 aliphatic heterocycles. The Hall–Kier alpha value is -1.84. The van der Waals surface area contributed by atoms with E-state index in [1.165, 1.54) is 4.31 Å². The van der Waals surface area contributed by atoms with Gasteiger partial charge in [-0.3, -0.25) is 4.79 Å². The lowest BCUT2D eigenvalue weighted by Crippen LogP contribution is -2.53. The van der Waals surface area contributed by atoms with Crippen molar-refractivity contribution in [3.8, 4) is 11.5 Å². The summed E-state index contributed by atoms with van der Waals surface area (Å²) in [5, 5.41) is 3.01. The summed E-state index contributed by atoms with van der Waals surface area (Å²) in [7, 11) is -3.54. The second-order valence-corrected chi connectivity index (χ2v) is 11.6. The van der Waals surface area contributed by atoms with E-state index in [1.54, 1.807) is 4.31 Å². The minimum absolute atomic E-state index is 0.0729. The van der Waals surface area contributed by atoms with Crippen molar-refractivity contribution in [1.82, 2.24) is 13.9 Å². The Morgan fingerprint density at radius 3 is 2.38 bits per heavy atom. The Morgan fingerprint density at radius 1 is 1.03 bits per heavy atom. The lowest BCUT2D eigenvalue weighted by molar-refractivity contribution is -0.126. The van der Waals surface area contributed by atoms with E-state index in [-0.39, 0.29) is 18.4 Å². The first kappa shape index (κ1) is 26.8. The highest BCUT2D eigenvalue weighted by Gasteiger charge is 2.38. The summed E-state index contributed by atoms with van der Waals surface area (Å²) in [5.74, 6) is 1.75. The molecule has 9 heteroatoms. The molecular weight excluding hydrogens is 454 g/mol. The van der Waals surface area contributed by atoms with Crippen LogP contribution in [0.3, 0.4) is 0 Å². The van der Waals surface area contributed by atoms with Gasteiger partial charge in [0.1, 0.15) is 0 Å². The Balaban J connectivity index is 1.54. The molecule has 0 aromatic heterocycles. The Labute approximate surface area is 205 Å². The fraction of sp³-hybridized carbons (Fsp3) is 0.720.